The van der Waals surface area contributed by atoms with Gasteiger partial charge in [0.15, 0.2) is 0 Å². The fourth-order valence-corrected chi connectivity index (χ4v) is 3.76. The minimum atomic E-state index is -0.305. The Balaban J connectivity index is 1.43. The Morgan fingerprint density at radius 1 is 1.10 bits per heavy atom. The number of aromatic nitrogens is 1. The molecule has 1 fully saturated rings. The third-order valence-electron chi connectivity index (χ3n) is 5.18. The van der Waals surface area contributed by atoms with E-state index in [0.717, 1.165) is 27.5 Å². The molecule has 4 rings (SSSR count). The molecule has 0 N–H and O–H groups in total. The van der Waals surface area contributed by atoms with Gasteiger partial charge < -0.3 is 9.64 Å². The molecule has 1 atom stereocenters. The Hall–Kier alpha value is -2.76. The van der Waals surface area contributed by atoms with Crippen LogP contribution in [-0.2, 0) is 22.4 Å². The molecule has 1 saturated heterocycles. The maximum absolute atomic E-state index is 13.1. The van der Waals surface area contributed by atoms with Gasteiger partial charge >= 0.3 is 0 Å². The average Bonchev–Trinajstić information content (AvgIpc) is 2.77. The molecule has 30 heavy (non-hydrogen) atoms. The first-order valence-electron chi connectivity index (χ1n) is 9.91. The van der Waals surface area contributed by atoms with E-state index in [-0.39, 0.29) is 24.2 Å². The SMILES string of the molecule is O=C(Cc1ccc(F)cc1)N1CCOC(c2cccc(Cc3ccccc3Cl)n2)C1. The summed E-state index contributed by atoms with van der Waals surface area (Å²) in [5.41, 5.74) is 3.52. The number of halogens is 2. The van der Waals surface area contributed by atoms with E-state index < -0.39 is 0 Å². The number of carbonyl (C=O) groups excluding carboxylic acids is 1. The number of pyridine rings is 1. The fourth-order valence-electron chi connectivity index (χ4n) is 3.56. The smallest absolute Gasteiger partial charge is 0.227 e. The number of hydrogen-bond acceptors (Lipinski definition) is 3. The summed E-state index contributed by atoms with van der Waals surface area (Å²) >= 11 is 6.27. The van der Waals surface area contributed by atoms with Crippen LogP contribution in [0.3, 0.4) is 0 Å². The summed E-state index contributed by atoms with van der Waals surface area (Å²) < 4.78 is 19.0. The number of benzene rings is 2. The van der Waals surface area contributed by atoms with Gasteiger partial charge in [-0.15, -0.1) is 0 Å². The Kier molecular flexibility index (Phi) is 6.41. The van der Waals surface area contributed by atoms with Gasteiger partial charge in [0, 0.05) is 23.7 Å². The average molecular weight is 425 g/mol. The van der Waals surface area contributed by atoms with Crippen LogP contribution in [0.15, 0.2) is 66.7 Å². The maximum Gasteiger partial charge on any atom is 0.227 e. The quantitative estimate of drug-likeness (QED) is 0.600. The molecule has 0 spiro atoms. The molecular weight excluding hydrogens is 403 g/mol. The number of ether oxygens (including phenoxy) is 1. The van der Waals surface area contributed by atoms with Crippen molar-refractivity contribution in [2.45, 2.75) is 18.9 Å². The van der Waals surface area contributed by atoms with E-state index >= 15 is 0 Å². The predicted molar refractivity (Wildman–Crippen MR) is 114 cm³/mol. The molecule has 2 heterocycles. The molecule has 1 unspecified atom stereocenters. The lowest BCUT2D eigenvalue weighted by Crippen LogP contribution is -2.43. The molecule has 1 aromatic heterocycles. The lowest BCUT2D eigenvalue weighted by Gasteiger charge is -2.33. The van der Waals surface area contributed by atoms with Gasteiger partial charge in [0.1, 0.15) is 11.9 Å². The number of morpholine rings is 1. The number of nitrogens with zero attached hydrogens (tertiary/aromatic N) is 2. The van der Waals surface area contributed by atoms with Crippen molar-refractivity contribution in [1.29, 1.82) is 0 Å². The Morgan fingerprint density at radius 3 is 2.70 bits per heavy atom. The molecule has 0 aliphatic carbocycles. The van der Waals surface area contributed by atoms with Crippen LogP contribution >= 0.6 is 11.6 Å². The van der Waals surface area contributed by atoms with Gasteiger partial charge in [0.2, 0.25) is 5.91 Å². The van der Waals surface area contributed by atoms with Gasteiger partial charge in [-0.3, -0.25) is 9.78 Å². The van der Waals surface area contributed by atoms with Gasteiger partial charge in [0.25, 0.3) is 0 Å². The summed E-state index contributed by atoms with van der Waals surface area (Å²) in [6.07, 6.45) is 0.600. The van der Waals surface area contributed by atoms with Gasteiger partial charge in [-0.1, -0.05) is 48.0 Å². The first kappa shape index (κ1) is 20.5. The van der Waals surface area contributed by atoms with Crippen LogP contribution < -0.4 is 0 Å². The zero-order valence-electron chi connectivity index (χ0n) is 16.4. The normalized spacial score (nSPS) is 16.5. The third-order valence-corrected chi connectivity index (χ3v) is 5.54. The van der Waals surface area contributed by atoms with Crippen molar-refractivity contribution in [3.05, 3.63) is 100 Å². The van der Waals surface area contributed by atoms with Crippen molar-refractivity contribution < 1.29 is 13.9 Å². The molecule has 0 bridgehead atoms. The summed E-state index contributed by atoms with van der Waals surface area (Å²) in [6.45, 7) is 1.44. The molecule has 0 radical (unpaired) electrons. The van der Waals surface area contributed by atoms with Crippen LogP contribution in [0.5, 0.6) is 0 Å². The van der Waals surface area contributed by atoms with E-state index in [2.05, 4.69) is 0 Å². The zero-order valence-corrected chi connectivity index (χ0v) is 17.2. The van der Waals surface area contributed by atoms with E-state index in [1.165, 1.54) is 12.1 Å². The van der Waals surface area contributed by atoms with E-state index in [0.29, 0.717) is 26.1 Å². The van der Waals surface area contributed by atoms with Crippen molar-refractivity contribution in [3.63, 3.8) is 0 Å². The van der Waals surface area contributed by atoms with E-state index in [1.54, 1.807) is 17.0 Å². The molecule has 2 aromatic carbocycles. The standard InChI is InChI=1S/C24H22ClFN2O2/c25-21-6-2-1-4-18(21)15-20-5-3-7-22(27-20)23-16-28(12-13-30-23)24(29)14-17-8-10-19(26)11-9-17/h1-11,23H,12-16H2. The highest BCUT2D eigenvalue weighted by molar-refractivity contribution is 6.31. The second-order valence-corrected chi connectivity index (χ2v) is 7.73. The fraction of sp³-hybridized carbons (Fsp3) is 0.250. The Bertz CT molecular complexity index is 1030. The van der Waals surface area contributed by atoms with Crippen LogP contribution in [0, 0.1) is 5.82 Å². The first-order valence-corrected chi connectivity index (χ1v) is 10.3. The van der Waals surface area contributed by atoms with E-state index in [4.69, 9.17) is 21.3 Å². The topological polar surface area (TPSA) is 42.4 Å². The van der Waals surface area contributed by atoms with Crippen molar-refractivity contribution in [2.24, 2.45) is 0 Å². The van der Waals surface area contributed by atoms with E-state index in [9.17, 15) is 9.18 Å². The Labute approximate surface area is 180 Å². The summed E-state index contributed by atoms with van der Waals surface area (Å²) in [5.74, 6) is -0.303. The summed E-state index contributed by atoms with van der Waals surface area (Å²) in [7, 11) is 0. The minimum absolute atomic E-state index is 0.00197. The lowest BCUT2D eigenvalue weighted by atomic mass is 10.1. The number of rotatable bonds is 5. The van der Waals surface area contributed by atoms with Crippen LogP contribution in [0.25, 0.3) is 0 Å². The number of carbonyl (C=O) groups is 1. The molecule has 3 aromatic rings. The third kappa shape index (κ3) is 5.04. The highest BCUT2D eigenvalue weighted by atomic mass is 35.5. The van der Waals surface area contributed by atoms with Crippen LogP contribution in [0.4, 0.5) is 4.39 Å². The first-order chi connectivity index (χ1) is 14.6. The summed E-state index contributed by atoms with van der Waals surface area (Å²) in [5, 5.41) is 0.719. The van der Waals surface area contributed by atoms with Crippen molar-refractivity contribution in [3.8, 4) is 0 Å². The van der Waals surface area contributed by atoms with Crippen molar-refractivity contribution in [2.75, 3.05) is 19.7 Å². The molecule has 0 saturated carbocycles. The number of hydrogen-bond donors (Lipinski definition) is 0. The highest BCUT2D eigenvalue weighted by Gasteiger charge is 2.26. The molecular formula is C24H22ClFN2O2. The molecule has 6 heteroatoms. The maximum atomic E-state index is 13.1. The highest BCUT2D eigenvalue weighted by Crippen LogP contribution is 2.23. The monoisotopic (exact) mass is 424 g/mol. The van der Waals surface area contributed by atoms with Crippen molar-refractivity contribution in [1.82, 2.24) is 9.88 Å². The second kappa shape index (κ2) is 9.37. The van der Waals surface area contributed by atoms with Crippen molar-refractivity contribution >= 4 is 17.5 Å². The minimum Gasteiger partial charge on any atom is -0.368 e. The molecule has 4 nitrogen and oxygen atoms in total. The molecule has 1 amide bonds. The van der Waals surface area contributed by atoms with Gasteiger partial charge in [-0.05, 0) is 41.5 Å². The Morgan fingerprint density at radius 2 is 1.90 bits per heavy atom. The largest absolute Gasteiger partial charge is 0.368 e. The molecule has 154 valence electrons. The predicted octanol–water partition coefficient (Wildman–Crippen LogP) is 4.61. The summed E-state index contributed by atoms with van der Waals surface area (Å²) in [6, 6.07) is 19.6. The van der Waals surface area contributed by atoms with Gasteiger partial charge in [0.05, 0.1) is 25.3 Å². The van der Waals surface area contributed by atoms with Gasteiger partial charge in [-0.2, -0.15) is 0 Å². The van der Waals surface area contributed by atoms with Crippen LogP contribution in [0.1, 0.15) is 28.6 Å². The molecule has 1 aliphatic rings. The van der Waals surface area contributed by atoms with Crippen LogP contribution in [-0.4, -0.2) is 35.5 Å². The molecule has 1 aliphatic heterocycles. The van der Waals surface area contributed by atoms with Crippen LogP contribution in [0.2, 0.25) is 5.02 Å². The lowest BCUT2D eigenvalue weighted by molar-refractivity contribution is -0.138. The van der Waals surface area contributed by atoms with Gasteiger partial charge in [-0.25, -0.2) is 4.39 Å². The second-order valence-electron chi connectivity index (χ2n) is 7.32. The van der Waals surface area contributed by atoms with E-state index in [1.807, 2.05) is 42.5 Å². The zero-order chi connectivity index (χ0) is 20.9. The summed E-state index contributed by atoms with van der Waals surface area (Å²) in [4.78, 5) is 19.3. The number of amides is 1.